The highest BCUT2D eigenvalue weighted by molar-refractivity contribution is 5.26. The van der Waals surface area contributed by atoms with Crippen LogP contribution in [0.4, 0.5) is 0 Å². The van der Waals surface area contributed by atoms with E-state index < -0.39 is 0 Å². The molecule has 82 valence electrons. The van der Waals surface area contributed by atoms with Gasteiger partial charge in [-0.1, -0.05) is 44.0 Å². The van der Waals surface area contributed by atoms with Gasteiger partial charge in [-0.2, -0.15) is 0 Å². The van der Waals surface area contributed by atoms with Crippen LogP contribution >= 0.6 is 0 Å². The monoisotopic (exact) mass is 204 g/mol. The number of aryl methyl sites for hydroxylation is 1. The number of hydrogen-bond acceptors (Lipinski definition) is 1. The molecule has 1 aromatic rings. The molecular formula is C14H20O. The summed E-state index contributed by atoms with van der Waals surface area (Å²) >= 11 is 0. The molecule has 2 atom stereocenters. The topological polar surface area (TPSA) is 20.2 Å². The number of aliphatic hydroxyl groups is 1. The van der Waals surface area contributed by atoms with Crippen LogP contribution in [-0.4, -0.2) is 11.2 Å². The summed E-state index contributed by atoms with van der Waals surface area (Å²) in [5.74, 6) is 0.379. The van der Waals surface area contributed by atoms with Crippen LogP contribution in [0.5, 0.6) is 0 Å². The molecule has 1 fully saturated rings. The minimum Gasteiger partial charge on any atom is -0.392 e. The Morgan fingerprint density at radius 3 is 2.40 bits per heavy atom. The van der Waals surface area contributed by atoms with Gasteiger partial charge < -0.3 is 5.11 Å². The van der Waals surface area contributed by atoms with Crippen molar-refractivity contribution in [3.8, 4) is 0 Å². The van der Waals surface area contributed by atoms with E-state index in [1.54, 1.807) is 0 Å². The van der Waals surface area contributed by atoms with E-state index in [9.17, 15) is 5.11 Å². The van der Waals surface area contributed by atoms with Gasteiger partial charge >= 0.3 is 0 Å². The van der Waals surface area contributed by atoms with E-state index in [-0.39, 0.29) is 6.10 Å². The Bertz CT molecular complexity index is 302. The number of rotatable bonds is 2. The minimum atomic E-state index is -0.119. The molecule has 0 unspecified atom stereocenters. The summed E-state index contributed by atoms with van der Waals surface area (Å²) in [4.78, 5) is 0. The van der Waals surface area contributed by atoms with Crippen LogP contribution in [0.15, 0.2) is 24.3 Å². The lowest BCUT2D eigenvalue weighted by molar-refractivity contribution is 0.106. The smallest absolute Gasteiger partial charge is 0.0608 e. The summed E-state index contributed by atoms with van der Waals surface area (Å²) in [7, 11) is 0. The average Bonchev–Trinajstić information content (AvgIpc) is 2.30. The summed E-state index contributed by atoms with van der Waals surface area (Å²) in [6.45, 7) is 2.17. The van der Waals surface area contributed by atoms with Crippen LogP contribution in [0.2, 0.25) is 0 Å². The van der Waals surface area contributed by atoms with E-state index in [0.717, 1.165) is 19.3 Å². The lowest BCUT2D eigenvalue weighted by atomic mass is 9.81. The molecule has 1 saturated carbocycles. The quantitative estimate of drug-likeness (QED) is 0.784. The molecule has 15 heavy (non-hydrogen) atoms. The summed E-state index contributed by atoms with van der Waals surface area (Å²) in [5, 5.41) is 9.95. The molecule has 0 heterocycles. The SMILES string of the molecule is CCc1ccc([C@@H]2CCCC[C@H]2O)cc1. The van der Waals surface area contributed by atoms with Gasteiger partial charge in [-0.25, -0.2) is 0 Å². The zero-order chi connectivity index (χ0) is 10.7. The third kappa shape index (κ3) is 2.40. The minimum absolute atomic E-state index is 0.119. The standard InChI is InChI=1S/C14H20O/c1-2-11-7-9-12(10-8-11)13-5-3-4-6-14(13)15/h7-10,13-15H,2-6H2,1H3/t13-,14+/m0/s1. The van der Waals surface area contributed by atoms with E-state index in [1.165, 1.54) is 24.0 Å². The summed E-state index contributed by atoms with van der Waals surface area (Å²) in [6, 6.07) is 8.77. The fraction of sp³-hybridized carbons (Fsp3) is 0.571. The lowest BCUT2D eigenvalue weighted by Crippen LogP contribution is -2.22. The van der Waals surface area contributed by atoms with Gasteiger partial charge in [-0.3, -0.25) is 0 Å². The molecule has 1 aromatic carbocycles. The van der Waals surface area contributed by atoms with Gasteiger partial charge in [0.2, 0.25) is 0 Å². The molecule has 0 radical (unpaired) electrons. The Balaban J connectivity index is 2.13. The van der Waals surface area contributed by atoms with Crippen molar-refractivity contribution in [2.45, 2.75) is 51.0 Å². The highest BCUT2D eigenvalue weighted by atomic mass is 16.3. The molecule has 1 aliphatic rings. The van der Waals surface area contributed by atoms with E-state index in [4.69, 9.17) is 0 Å². The van der Waals surface area contributed by atoms with Gasteiger partial charge in [-0.15, -0.1) is 0 Å². The van der Waals surface area contributed by atoms with Crippen LogP contribution in [0, 0.1) is 0 Å². The first-order chi connectivity index (χ1) is 7.31. The van der Waals surface area contributed by atoms with Crippen LogP contribution in [-0.2, 0) is 6.42 Å². The maximum atomic E-state index is 9.95. The molecular weight excluding hydrogens is 184 g/mol. The van der Waals surface area contributed by atoms with Crippen molar-refractivity contribution in [2.24, 2.45) is 0 Å². The highest BCUT2D eigenvalue weighted by Crippen LogP contribution is 2.32. The molecule has 1 N–H and O–H groups in total. The fourth-order valence-corrected chi connectivity index (χ4v) is 2.50. The first-order valence-electron chi connectivity index (χ1n) is 6.08. The molecule has 0 aromatic heterocycles. The molecule has 0 spiro atoms. The lowest BCUT2D eigenvalue weighted by Gasteiger charge is -2.28. The van der Waals surface area contributed by atoms with Gasteiger partial charge in [0.05, 0.1) is 6.10 Å². The van der Waals surface area contributed by atoms with Gasteiger partial charge in [0.1, 0.15) is 0 Å². The second-order valence-corrected chi connectivity index (χ2v) is 4.55. The predicted octanol–water partition coefficient (Wildman–Crippen LogP) is 3.27. The van der Waals surface area contributed by atoms with Crippen LogP contribution in [0.1, 0.15) is 49.7 Å². The number of hydrogen-bond donors (Lipinski definition) is 1. The maximum absolute atomic E-state index is 9.95. The van der Waals surface area contributed by atoms with Crippen LogP contribution in [0.3, 0.4) is 0 Å². The first-order valence-corrected chi connectivity index (χ1v) is 6.08. The van der Waals surface area contributed by atoms with Crippen molar-refractivity contribution in [1.82, 2.24) is 0 Å². The summed E-state index contributed by atoms with van der Waals surface area (Å²) in [6.07, 6.45) is 5.54. The van der Waals surface area contributed by atoms with Gasteiger partial charge in [-0.05, 0) is 30.4 Å². The normalized spacial score (nSPS) is 26.5. The molecule has 1 heteroatoms. The highest BCUT2D eigenvalue weighted by Gasteiger charge is 2.24. The first kappa shape index (κ1) is 10.7. The molecule has 1 nitrogen and oxygen atoms in total. The van der Waals surface area contributed by atoms with Crippen molar-refractivity contribution in [2.75, 3.05) is 0 Å². The fourth-order valence-electron chi connectivity index (χ4n) is 2.50. The van der Waals surface area contributed by atoms with E-state index in [0.29, 0.717) is 5.92 Å². The van der Waals surface area contributed by atoms with Gasteiger partial charge in [0, 0.05) is 5.92 Å². The zero-order valence-electron chi connectivity index (χ0n) is 9.45. The molecule has 0 aliphatic heterocycles. The molecule has 0 amide bonds. The van der Waals surface area contributed by atoms with E-state index in [1.807, 2.05) is 0 Å². The molecule has 0 saturated heterocycles. The van der Waals surface area contributed by atoms with Crippen LogP contribution < -0.4 is 0 Å². The van der Waals surface area contributed by atoms with E-state index in [2.05, 4.69) is 31.2 Å². The van der Waals surface area contributed by atoms with Gasteiger partial charge in [0.25, 0.3) is 0 Å². The van der Waals surface area contributed by atoms with Gasteiger partial charge in [0.15, 0.2) is 0 Å². The number of aliphatic hydroxyl groups excluding tert-OH is 1. The Kier molecular flexibility index (Phi) is 3.42. The van der Waals surface area contributed by atoms with Crippen LogP contribution in [0.25, 0.3) is 0 Å². The van der Waals surface area contributed by atoms with E-state index >= 15 is 0 Å². The largest absolute Gasteiger partial charge is 0.392 e. The molecule has 1 aliphatic carbocycles. The maximum Gasteiger partial charge on any atom is 0.0608 e. The van der Waals surface area contributed by atoms with Crippen molar-refractivity contribution in [1.29, 1.82) is 0 Å². The molecule has 0 bridgehead atoms. The molecule has 2 rings (SSSR count). The average molecular weight is 204 g/mol. The van der Waals surface area contributed by atoms with Crippen molar-refractivity contribution in [3.05, 3.63) is 35.4 Å². The Labute approximate surface area is 92.1 Å². The van der Waals surface area contributed by atoms with Crippen molar-refractivity contribution < 1.29 is 5.11 Å². The summed E-state index contributed by atoms with van der Waals surface area (Å²) in [5.41, 5.74) is 2.70. The zero-order valence-corrected chi connectivity index (χ0v) is 9.45. The van der Waals surface area contributed by atoms with Crippen molar-refractivity contribution in [3.63, 3.8) is 0 Å². The predicted molar refractivity (Wildman–Crippen MR) is 63.0 cm³/mol. The Hall–Kier alpha value is -0.820. The second-order valence-electron chi connectivity index (χ2n) is 4.55. The Morgan fingerprint density at radius 2 is 1.80 bits per heavy atom. The summed E-state index contributed by atoms with van der Waals surface area (Å²) < 4.78 is 0. The third-order valence-electron chi connectivity index (χ3n) is 3.55. The Morgan fingerprint density at radius 1 is 1.13 bits per heavy atom. The number of benzene rings is 1. The third-order valence-corrected chi connectivity index (χ3v) is 3.55. The second kappa shape index (κ2) is 4.80. The van der Waals surface area contributed by atoms with Crippen molar-refractivity contribution >= 4 is 0 Å².